The minimum absolute atomic E-state index is 0.166. The van der Waals surface area contributed by atoms with E-state index in [4.69, 9.17) is 10.5 Å². The highest BCUT2D eigenvalue weighted by atomic mass is 19.1. The Bertz CT molecular complexity index is 548. The summed E-state index contributed by atoms with van der Waals surface area (Å²) in [6.45, 7) is 6.78. The molecule has 1 aromatic rings. The number of rotatable bonds is 8. The summed E-state index contributed by atoms with van der Waals surface area (Å²) >= 11 is 0. The summed E-state index contributed by atoms with van der Waals surface area (Å²) in [5, 5.41) is 0. The summed E-state index contributed by atoms with van der Waals surface area (Å²) in [4.78, 5) is 14.0. The molecule has 0 fully saturated rings. The van der Waals surface area contributed by atoms with Crippen molar-refractivity contribution in [3.05, 3.63) is 29.1 Å². The Balaban J connectivity index is 2.19. The molecule has 2 rings (SSSR count). The lowest BCUT2D eigenvalue weighted by molar-refractivity contribution is 0.0984. The zero-order valence-electron chi connectivity index (χ0n) is 14.1. The fraction of sp³-hybridized carbons (Fsp3) is 0.611. The van der Waals surface area contributed by atoms with E-state index in [2.05, 4.69) is 18.7 Å². The molecule has 23 heavy (non-hydrogen) atoms. The van der Waals surface area contributed by atoms with E-state index in [-0.39, 0.29) is 11.8 Å². The third-order valence-electron chi connectivity index (χ3n) is 4.41. The van der Waals surface area contributed by atoms with Crippen LogP contribution >= 0.6 is 0 Å². The van der Waals surface area contributed by atoms with Crippen molar-refractivity contribution in [3.8, 4) is 5.75 Å². The van der Waals surface area contributed by atoms with Crippen LogP contribution in [0.3, 0.4) is 0 Å². The molecule has 0 aromatic heterocycles. The monoisotopic (exact) mass is 322 g/mol. The molecule has 1 atom stereocenters. The molecule has 0 aliphatic carbocycles. The number of ether oxygens (including phenoxy) is 1. The number of nitrogens with two attached hydrogens (primary N) is 1. The van der Waals surface area contributed by atoms with Gasteiger partial charge in [-0.05, 0) is 44.5 Å². The predicted octanol–water partition coefficient (Wildman–Crippen LogP) is 3.13. The van der Waals surface area contributed by atoms with Gasteiger partial charge in [-0.25, -0.2) is 4.39 Å². The number of halogens is 1. The fourth-order valence-electron chi connectivity index (χ4n) is 3.23. The predicted molar refractivity (Wildman–Crippen MR) is 89.3 cm³/mol. The first kappa shape index (κ1) is 17.7. The summed E-state index contributed by atoms with van der Waals surface area (Å²) in [7, 11) is 0. The van der Waals surface area contributed by atoms with Crippen LogP contribution in [0.2, 0.25) is 0 Å². The van der Waals surface area contributed by atoms with Crippen LogP contribution in [0.5, 0.6) is 5.75 Å². The Morgan fingerprint density at radius 1 is 1.30 bits per heavy atom. The SMILES string of the molecule is CCCCCN(CCC)C1COc2c(F)ccc(C(N)=O)c2C1. The average molecular weight is 322 g/mol. The van der Waals surface area contributed by atoms with Gasteiger partial charge in [0.15, 0.2) is 11.6 Å². The summed E-state index contributed by atoms with van der Waals surface area (Å²) in [5.41, 5.74) is 6.42. The lowest BCUT2D eigenvalue weighted by atomic mass is 9.95. The van der Waals surface area contributed by atoms with Gasteiger partial charge < -0.3 is 10.5 Å². The summed E-state index contributed by atoms with van der Waals surface area (Å²) in [6, 6.07) is 2.88. The fourth-order valence-corrected chi connectivity index (χ4v) is 3.23. The summed E-state index contributed by atoms with van der Waals surface area (Å²) < 4.78 is 19.6. The van der Waals surface area contributed by atoms with Gasteiger partial charge in [0.1, 0.15) is 6.61 Å². The van der Waals surface area contributed by atoms with E-state index < -0.39 is 11.7 Å². The summed E-state index contributed by atoms with van der Waals surface area (Å²) in [6.07, 6.45) is 5.19. The highest BCUT2D eigenvalue weighted by molar-refractivity contribution is 5.95. The molecular formula is C18H27FN2O2. The van der Waals surface area contributed by atoms with E-state index in [0.29, 0.717) is 24.2 Å². The van der Waals surface area contributed by atoms with Crippen LogP contribution in [0.4, 0.5) is 4.39 Å². The normalized spacial score (nSPS) is 17.0. The molecule has 1 unspecified atom stereocenters. The van der Waals surface area contributed by atoms with Gasteiger partial charge in [0.25, 0.3) is 0 Å². The number of primary amides is 1. The Morgan fingerprint density at radius 3 is 2.74 bits per heavy atom. The van der Waals surface area contributed by atoms with Crippen LogP contribution in [0.25, 0.3) is 0 Å². The second-order valence-corrected chi connectivity index (χ2v) is 6.18. The number of carbonyl (C=O) groups excluding carboxylic acids is 1. The average Bonchev–Trinajstić information content (AvgIpc) is 2.54. The number of nitrogens with zero attached hydrogens (tertiary/aromatic N) is 1. The molecule has 1 amide bonds. The first-order valence-corrected chi connectivity index (χ1v) is 8.56. The second kappa shape index (κ2) is 8.29. The van der Waals surface area contributed by atoms with Gasteiger partial charge in [0.2, 0.25) is 5.91 Å². The molecular weight excluding hydrogens is 295 g/mol. The molecule has 128 valence electrons. The van der Waals surface area contributed by atoms with Crippen molar-refractivity contribution in [1.29, 1.82) is 0 Å². The van der Waals surface area contributed by atoms with E-state index in [1.807, 2.05) is 0 Å². The molecule has 1 heterocycles. The standard InChI is InChI=1S/C18H27FN2O2/c1-3-5-6-10-21(9-4-2)13-11-15-14(18(20)22)7-8-16(19)17(15)23-12-13/h7-8,13H,3-6,9-12H2,1-2H3,(H2,20,22). The van der Waals surface area contributed by atoms with Crippen molar-refractivity contribution >= 4 is 5.91 Å². The Morgan fingerprint density at radius 2 is 2.09 bits per heavy atom. The Kier molecular flexibility index (Phi) is 6.39. The highest BCUT2D eigenvalue weighted by Gasteiger charge is 2.29. The van der Waals surface area contributed by atoms with Crippen LogP contribution < -0.4 is 10.5 Å². The van der Waals surface area contributed by atoms with Gasteiger partial charge in [0, 0.05) is 17.2 Å². The molecule has 2 N–H and O–H groups in total. The van der Waals surface area contributed by atoms with E-state index in [0.717, 1.165) is 25.9 Å². The third kappa shape index (κ3) is 4.22. The molecule has 5 heteroatoms. The number of hydrogen-bond acceptors (Lipinski definition) is 3. The molecule has 1 aliphatic heterocycles. The molecule has 0 saturated heterocycles. The Hall–Kier alpha value is -1.62. The van der Waals surface area contributed by atoms with Crippen LogP contribution in [0.15, 0.2) is 12.1 Å². The van der Waals surface area contributed by atoms with E-state index in [1.165, 1.54) is 25.0 Å². The van der Waals surface area contributed by atoms with Crippen molar-refractivity contribution < 1.29 is 13.9 Å². The molecule has 4 nitrogen and oxygen atoms in total. The van der Waals surface area contributed by atoms with Crippen LogP contribution in [-0.4, -0.2) is 36.5 Å². The first-order chi connectivity index (χ1) is 11.1. The van der Waals surface area contributed by atoms with Crippen LogP contribution in [-0.2, 0) is 6.42 Å². The minimum Gasteiger partial charge on any atom is -0.489 e. The maximum atomic E-state index is 13.9. The quantitative estimate of drug-likeness (QED) is 0.748. The van der Waals surface area contributed by atoms with Crippen LogP contribution in [0, 0.1) is 5.82 Å². The minimum atomic E-state index is -0.529. The van der Waals surface area contributed by atoms with Gasteiger partial charge in [0.05, 0.1) is 0 Å². The number of hydrogen-bond donors (Lipinski definition) is 1. The highest BCUT2D eigenvalue weighted by Crippen LogP contribution is 2.32. The van der Waals surface area contributed by atoms with E-state index in [9.17, 15) is 9.18 Å². The van der Waals surface area contributed by atoms with E-state index in [1.54, 1.807) is 0 Å². The van der Waals surface area contributed by atoms with Gasteiger partial charge in [-0.3, -0.25) is 9.69 Å². The van der Waals surface area contributed by atoms with Gasteiger partial charge in [-0.2, -0.15) is 0 Å². The van der Waals surface area contributed by atoms with Gasteiger partial charge >= 0.3 is 0 Å². The molecule has 0 radical (unpaired) electrons. The van der Waals surface area contributed by atoms with Gasteiger partial charge in [-0.15, -0.1) is 0 Å². The summed E-state index contributed by atoms with van der Waals surface area (Å²) in [5.74, 6) is -0.752. The molecule has 0 spiro atoms. The van der Waals surface area contributed by atoms with Crippen LogP contribution in [0.1, 0.15) is 55.5 Å². The number of amides is 1. The van der Waals surface area contributed by atoms with Crippen molar-refractivity contribution in [2.45, 2.75) is 52.0 Å². The maximum absolute atomic E-state index is 13.9. The lowest BCUT2D eigenvalue weighted by Crippen LogP contribution is -2.44. The largest absolute Gasteiger partial charge is 0.489 e. The number of fused-ring (bicyclic) bond motifs is 1. The zero-order chi connectivity index (χ0) is 16.8. The zero-order valence-corrected chi connectivity index (χ0v) is 14.1. The van der Waals surface area contributed by atoms with Crippen molar-refractivity contribution in [2.75, 3.05) is 19.7 Å². The number of unbranched alkanes of at least 4 members (excludes halogenated alkanes) is 2. The Labute approximate surface area is 137 Å². The van der Waals surface area contributed by atoms with E-state index >= 15 is 0 Å². The molecule has 1 aromatic carbocycles. The van der Waals surface area contributed by atoms with Crippen molar-refractivity contribution in [3.63, 3.8) is 0 Å². The lowest BCUT2D eigenvalue weighted by Gasteiger charge is -2.35. The second-order valence-electron chi connectivity index (χ2n) is 6.18. The smallest absolute Gasteiger partial charge is 0.249 e. The van der Waals surface area contributed by atoms with Gasteiger partial charge in [-0.1, -0.05) is 26.7 Å². The van der Waals surface area contributed by atoms with Crippen molar-refractivity contribution in [1.82, 2.24) is 4.90 Å². The third-order valence-corrected chi connectivity index (χ3v) is 4.41. The number of carbonyl (C=O) groups is 1. The molecule has 1 aliphatic rings. The first-order valence-electron chi connectivity index (χ1n) is 8.56. The maximum Gasteiger partial charge on any atom is 0.249 e. The molecule has 0 bridgehead atoms. The van der Waals surface area contributed by atoms with Crippen molar-refractivity contribution in [2.24, 2.45) is 5.73 Å². The number of benzene rings is 1. The molecule has 0 saturated carbocycles. The topological polar surface area (TPSA) is 55.6 Å².